The SMILES string of the molecule is CCOCCOc1ccc(Cl)nn1. The zero-order valence-electron chi connectivity index (χ0n) is 7.36. The second-order valence-electron chi connectivity index (χ2n) is 2.24. The minimum atomic E-state index is 0.358. The fourth-order valence-electron chi connectivity index (χ4n) is 0.730. The minimum absolute atomic E-state index is 0.358. The van der Waals surface area contributed by atoms with Crippen LogP contribution in [0.1, 0.15) is 6.92 Å². The number of hydrogen-bond donors (Lipinski definition) is 0. The summed E-state index contributed by atoms with van der Waals surface area (Å²) in [5, 5.41) is 7.70. The molecule has 0 aliphatic heterocycles. The van der Waals surface area contributed by atoms with Gasteiger partial charge in [0.2, 0.25) is 5.88 Å². The molecular formula is C8H11ClN2O2. The second kappa shape index (κ2) is 5.72. The van der Waals surface area contributed by atoms with Crippen LogP contribution in [0.4, 0.5) is 0 Å². The van der Waals surface area contributed by atoms with Crippen molar-refractivity contribution in [3.05, 3.63) is 17.3 Å². The van der Waals surface area contributed by atoms with Gasteiger partial charge in [-0.2, -0.15) is 0 Å². The van der Waals surface area contributed by atoms with E-state index in [0.29, 0.717) is 30.9 Å². The summed E-state index contributed by atoms with van der Waals surface area (Å²) in [4.78, 5) is 0. The van der Waals surface area contributed by atoms with Gasteiger partial charge in [-0.15, -0.1) is 10.2 Å². The van der Waals surface area contributed by atoms with Crippen LogP contribution in [0, 0.1) is 0 Å². The molecule has 72 valence electrons. The van der Waals surface area contributed by atoms with Crippen molar-refractivity contribution in [2.75, 3.05) is 19.8 Å². The van der Waals surface area contributed by atoms with E-state index >= 15 is 0 Å². The summed E-state index contributed by atoms with van der Waals surface area (Å²) < 4.78 is 10.3. The van der Waals surface area contributed by atoms with Gasteiger partial charge in [-0.25, -0.2) is 0 Å². The largest absolute Gasteiger partial charge is 0.474 e. The molecular weight excluding hydrogens is 192 g/mol. The Balaban J connectivity index is 2.25. The molecule has 0 saturated heterocycles. The quantitative estimate of drug-likeness (QED) is 0.680. The summed E-state index contributed by atoms with van der Waals surface area (Å²) in [6, 6.07) is 3.30. The van der Waals surface area contributed by atoms with E-state index in [1.807, 2.05) is 6.92 Å². The van der Waals surface area contributed by atoms with Crippen LogP contribution in [-0.4, -0.2) is 30.0 Å². The zero-order chi connectivity index (χ0) is 9.52. The lowest BCUT2D eigenvalue weighted by Gasteiger charge is -2.03. The molecule has 1 heterocycles. The van der Waals surface area contributed by atoms with Crippen LogP contribution < -0.4 is 4.74 Å². The number of ether oxygens (including phenoxy) is 2. The Kier molecular flexibility index (Phi) is 4.49. The lowest BCUT2D eigenvalue weighted by Crippen LogP contribution is -2.07. The van der Waals surface area contributed by atoms with Crippen LogP contribution in [0.25, 0.3) is 0 Å². The Bertz CT molecular complexity index is 240. The van der Waals surface area contributed by atoms with Crippen LogP contribution in [0.3, 0.4) is 0 Å². The topological polar surface area (TPSA) is 44.2 Å². The van der Waals surface area contributed by atoms with Crippen LogP contribution in [0.2, 0.25) is 5.15 Å². The van der Waals surface area contributed by atoms with Crippen LogP contribution in [0.15, 0.2) is 12.1 Å². The number of halogens is 1. The lowest BCUT2D eigenvalue weighted by atomic mass is 10.6. The van der Waals surface area contributed by atoms with Gasteiger partial charge in [0, 0.05) is 12.7 Å². The first-order valence-electron chi connectivity index (χ1n) is 4.02. The van der Waals surface area contributed by atoms with Gasteiger partial charge in [-0.05, 0) is 13.0 Å². The Morgan fingerprint density at radius 1 is 1.31 bits per heavy atom. The van der Waals surface area contributed by atoms with Crippen LogP contribution in [0.5, 0.6) is 5.88 Å². The zero-order valence-corrected chi connectivity index (χ0v) is 8.12. The van der Waals surface area contributed by atoms with Gasteiger partial charge in [0.25, 0.3) is 0 Å². The molecule has 13 heavy (non-hydrogen) atoms. The second-order valence-corrected chi connectivity index (χ2v) is 2.63. The number of nitrogens with zero attached hydrogens (tertiary/aromatic N) is 2. The molecule has 0 N–H and O–H groups in total. The average Bonchev–Trinajstić information content (AvgIpc) is 2.15. The van der Waals surface area contributed by atoms with Gasteiger partial charge in [0.1, 0.15) is 6.61 Å². The monoisotopic (exact) mass is 202 g/mol. The fourth-order valence-corrected chi connectivity index (χ4v) is 0.831. The van der Waals surface area contributed by atoms with Crippen LogP contribution >= 0.6 is 11.6 Å². The summed E-state index contributed by atoms with van der Waals surface area (Å²) in [6.07, 6.45) is 0. The molecule has 0 unspecified atom stereocenters. The molecule has 0 amide bonds. The van der Waals surface area contributed by atoms with Gasteiger partial charge < -0.3 is 9.47 Å². The third kappa shape index (κ3) is 4.05. The molecule has 0 fully saturated rings. The van der Waals surface area contributed by atoms with E-state index in [9.17, 15) is 0 Å². The summed E-state index contributed by atoms with van der Waals surface area (Å²) in [7, 11) is 0. The molecule has 5 heteroatoms. The van der Waals surface area contributed by atoms with E-state index in [1.54, 1.807) is 12.1 Å². The molecule has 0 aliphatic carbocycles. The standard InChI is InChI=1S/C8H11ClN2O2/c1-2-12-5-6-13-8-4-3-7(9)10-11-8/h3-4H,2,5-6H2,1H3. The first kappa shape index (κ1) is 10.2. The molecule has 0 bridgehead atoms. The highest BCUT2D eigenvalue weighted by Gasteiger charge is 1.95. The molecule has 0 saturated carbocycles. The minimum Gasteiger partial charge on any atom is -0.474 e. The third-order valence-corrected chi connectivity index (χ3v) is 1.49. The predicted molar refractivity (Wildman–Crippen MR) is 49.0 cm³/mol. The highest BCUT2D eigenvalue weighted by molar-refractivity contribution is 6.29. The summed E-state index contributed by atoms with van der Waals surface area (Å²) in [5.41, 5.74) is 0. The molecule has 0 radical (unpaired) electrons. The molecule has 1 aromatic rings. The maximum absolute atomic E-state index is 5.54. The van der Waals surface area contributed by atoms with Crippen molar-refractivity contribution in [2.45, 2.75) is 6.92 Å². The van der Waals surface area contributed by atoms with Crippen molar-refractivity contribution in [1.29, 1.82) is 0 Å². The van der Waals surface area contributed by atoms with E-state index in [0.717, 1.165) is 0 Å². The van der Waals surface area contributed by atoms with Crippen LogP contribution in [-0.2, 0) is 4.74 Å². The normalized spacial score (nSPS) is 10.0. The maximum Gasteiger partial charge on any atom is 0.233 e. The van der Waals surface area contributed by atoms with Gasteiger partial charge in [0.15, 0.2) is 5.15 Å². The average molecular weight is 203 g/mol. The van der Waals surface area contributed by atoms with Gasteiger partial charge >= 0.3 is 0 Å². The van der Waals surface area contributed by atoms with E-state index in [2.05, 4.69) is 10.2 Å². The molecule has 1 aromatic heterocycles. The van der Waals surface area contributed by atoms with E-state index in [4.69, 9.17) is 21.1 Å². The van der Waals surface area contributed by atoms with Crippen molar-refractivity contribution in [3.8, 4) is 5.88 Å². The maximum atomic E-state index is 5.54. The Hall–Kier alpha value is -0.870. The Labute approximate surface area is 81.8 Å². The molecule has 0 aromatic carbocycles. The predicted octanol–water partition coefficient (Wildman–Crippen LogP) is 1.55. The lowest BCUT2D eigenvalue weighted by molar-refractivity contribution is 0.108. The number of rotatable bonds is 5. The molecule has 0 aliphatic rings. The van der Waals surface area contributed by atoms with Crippen molar-refractivity contribution >= 4 is 11.6 Å². The Morgan fingerprint density at radius 2 is 2.15 bits per heavy atom. The number of aromatic nitrogens is 2. The highest BCUT2D eigenvalue weighted by Crippen LogP contribution is 2.07. The summed E-state index contributed by atoms with van der Waals surface area (Å²) >= 11 is 5.54. The fraction of sp³-hybridized carbons (Fsp3) is 0.500. The van der Waals surface area contributed by atoms with E-state index in [1.165, 1.54) is 0 Å². The summed E-state index contributed by atoms with van der Waals surface area (Å²) in [5.74, 6) is 0.462. The van der Waals surface area contributed by atoms with E-state index in [-0.39, 0.29) is 0 Å². The molecule has 1 rings (SSSR count). The van der Waals surface area contributed by atoms with Gasteiger partial charge in [-0.1, -0.05) is 11.6 Å². The van der Waals surface area contributed by atoms with Gasteiger partial charge in [0.05, 0.1) is 6.61 Å². The first-order valence-corrected chi connectivity index (χ1v) is 4.40. The van der Waals surface area contributed by atoms with Crippen molar-refractivity contribution in [2.24, 2.45) is 0 Å². The van der Waals surface area contributed by atoms with Gasteiger partial charge in [-0.3, -0.25) is 0 Å². The Morgan fingerprint density at radius 3 is 2.77 bits per heavy atom. The van der Waals surface area contributed by atoms with Crippen molar-refractivity contribution < 1.29 is 9.47 Å². The molecule has 0 spiro atoms. The molecule has 0 atom stereocenters. The van der Waals surface area contributed by atoms with Crippen molar-refractivity contribution in [1.82, 2.24) is 10.2 Å². The highest BCUT2D eigenvalue weighted by atomic mass is 35.5. The first-order chi connectivity index (χ1) is 6.33. The van der Waals surface area contributed by atoms with Crippen molar-refractivity contribution in [3.63, 3.8) is 0 Å². The van der Waals surface area contributed by atoms with E-state index < -0.39 is 0 Å². The third-order valence-electron chi connectivity index (χ3n) is 1.29. The summed E-state index contributed by atoms with van der Waals surface area (Å²) in [6.45, 7) is 3.66. The molecule has 4 nitrogen and oxygen atoms in total. The smallest absolute Gasteiger partial charge is 0.233 e. The number of hydrogen-bond acceptors (Lipinski definition) is 4.